The fourth-order valence-corrected chi connectivity index (χ4v) is 1.54. The molecule has 88 valence electrons. The van der Waals surface area contributed by atoms with Gasteiger partial charge in [-0.05, 0) is 25.1 Å². The van der Waals surface area contributed by atoms with Crippen molar-refractivity contribution in [3.8, 4) is 11.6 Å². The molecule has 1 aromatic heterocycles. The van der Waals surface area contributed by atoms with E-state index in [9.17, 15) is 4.39 Å². The van der Waals surface area contributed by atoms with E-state index in [4.69, 9.17) is 10.5 Å². The average molecular weight is 298 g/mol. The summed E-state index contributed by atoms with van der Waals surface area (Å²) in [7, 11) is 0. The Bertz CT molecular complexity index is 562. The fourth-order valence-electron chi connectivity index (χ4n) is 1.20. The molecule has 0 saturated carbocycles. The number of nitrogen functional groups attached to an aromatic ring is 1. The molecule has 0 atom stereocenters. The van der Waals surface area contributed by atoms with Crippen LogP contribution < -0.4 is 10.5 Å². The Morgan fingerprint density at radius 2 is 2.18 bits per heavy atom. The van der Waals surface area contributed by atoms with E-state index in [1.807, 2.05) is 0 Å². The first-order chi connectivity index (χ1) is 8.06. The van der Waals surface area contributed by atoms with Crippen molar-refractivity contribution in [2.75, 3.05) is 5.73 Å². The molecule has 0 amide bonds. The summed E-state index contributed by atoms with van der Waals surface area (Å²) in [6.45, 7) is 1.76. The summed E-state index contributed by atoms with van der Waals surface area (Å²) < 4.78 is 19.5. The highest BCUT2D eigenvalue weighted by molar-refractivity contribution is 9.10. The van der Waals surface area contributed by atoms with E-state index in [2.05, 4.69) is 25.9 Å². The molecule has 0 radical (unpaired) electrons. The van der Waals surface area contributed by atoms with Crippen LogP contribution in [0.2, 0.25) is 0 Å². The highest BCUT2D eigenvalue weighted by atomic mass is 79.9. The minimum atomic E-state index is -0.476. The Balaban J connectivity index is 2.34. The van der Waals surface area contributed by atoms with Crippen LogP contribution in [0.1, 0.15) is 5.56 Å². The summed E-state index contributed by atoms with van der Waals surface area (Å²) in [5, 5.41) is 0. The van der Waals surface area contributed by atoms with E-state index < -0.39 is 5.82 Å². The molecular formula is C11H9BrFN3O. The molecule has 17 heavy (non-hydrogen) atoms. The molecule has 0 fully saturated rings. The third kappa shape index (κ3) is 2.71. The highest BCUT2D eigenvalue weighted by Gasteiger charge is 2.09. The van der Waals surface area contributed by atoms with E-state index in [0.717, 1.165) is 0 Å². The number of ether oxygens (including phenoxy) is 1. The second kappa shape index (κ2) is 4.67. The molecule has 1 aromatic carbocycles. The monoisotopic (exact) mass is 297 g/mol. The van der Waals surface area contributed by atoms with Crippen molar-refractivity contribution in [3.63, 3.8) is 0 Å². The first-order valence-electron chi connectivity index (χ1n) is 4.78. The van der Waals surface area contributed by atoms with Gasteiger partial charge in [0.15, 0.2) is 11.6 Å². The van der Waals surface area contributed by atoms with Gasteiger partial charge in [-0.25, -0.2) is 9.37 Å². The van der Waals surface area contributed by atoms with Crippen LogP contribution >= 0.6 is 15.9 Å². The van der Waals surface area contributed by atoms with Gasteiger partial charge in [-0.15, -0.1) is 0 Å². The Morgan fingerprint density at radius 1 is 1.41 bits per heavy atom. The maximum absolute atomic E-state index is 13.5. The topological polar surface area (TPSA) is 61.0 Å². The lowest BCUT2D eigenvalue weighted by molar-refractivity contribution is 0.424. The number of halogens is 2. The maximum Gasteiger partial charge on any atom is 0.227 e. The molecule has 0 unspecified atom stereocenters. The van der Waals surface area contributed by atoms with Gasteiger partial charge >= 0.3 is 0 Å². The molecule has 0 bridgehead atoms. The van der Waals surface area contributed by atoms with Crippen molar-refractivity contribution in [3.05, 3.63) is 40.2 Å². The van der Waals surface area contributed by atoms with Gasteiger partial charge in [-0.2, -0.15) is 4.98 Å². The Morgan fingerprint density at radius 3 is 2.88 bits per heavy atom. The van der Waals surface area contributed by atoms with E-state index in [1.165, 1.54) is 18.3 Å². The SMILES string of the molecule is Cc1cnc(N)nc1Oc1ccc(Br)cc1F. The number of aryl methyl sites for hydroxylation is 1. The molecule has 2 N–H and O–H groups in total. The quantitative estimate of drug-likeness (QED) is 0.925. The van der Waals surface area contributed by atoms with Crippen molar-refractivity contribution in [1.82, 2.24) is 9.97 Å². The zero-order chi connectivity index (χ0) is 12.4. The van der Waals surface area contributed by atoms with E-state index in [-0.39, 0.29) is 17.6 Å². The van der Waals surface area contributed by atoms with Gasteiger partial charge < -0.3 is 10.5 Å². The summed E-state index contributed by atoms with van der Waals surface area (Å²) in [6, 6.07) is 4.50. The Labute approximate surface area is 106 Å². The van der Waals surface area contributed by atoms with Crippen LogP contribution in [-0.4, -0.2) is 9.97 Å². The first kappa shape index (κ1) is 11.8. The third-order valence-electron chi connectivity index (χ3n) is 2.04. The zero-order valence-corrected chi connectivity index (χ0v) is 10.5. The molecule has 0 spiro atoms. The van der Waals surface area contributed by atoms with Crippen LogP contribution in [0.3, 0.4) is 0 Å². The number of hydrogen-bond acceptors (Lipinski definition) is 4. The minimum absolute atomic E-state index is 0.0862. The second-order valence-corrected chi connectivity index (χ2v) is 4.31. The number of aromatic nitrogens is 2. The van der Waals surface area contributed by atoms with Gasteiger partial charge in [0.05, 0.1) is 0 Å². The summed E-state index contributed by atoms with van der Waals surface area (Å²) >= 11 is 3.17. The summed E-state index contributed by atoms with van der Waals surface area (Å²) in [5.74, 6) is -0.0489. The van der Waals surface area contributed by atoms with Crippen molar-refractivity contribution in [2.45, 2.75) is 6.92 Å². The number of hydrogen-bond donors (Lipinski definition) is 1. The predicted octanol–water partition coefficient (Wildman–Crippen LogP) is 3.06. The van der Waals surface area contributed by atoms with E-state index >= 15 is 0 Å². The van der Waals surface area contributed by atoms with Gasteiger partial charge in [-0.3, -0.25) is 0 Å². The lowest BCUT2D eigenvalue weighted by atomic mass is 10.3. The average Bonchev–Trinajstić information content (AvgIpc) is 2.27. The standard InChI is InChI=1S/C11H9BrFN3O/c1-6-5-15-11(14)16-10(6)17-9-3-2-7(12)4-8(9)13/h2-5H,1H3,(H2,14,15,16). The fraction of sp³-hybridized carbons (Fsp3) is 0.0909. The minimum Gasteiger partial charge on any atom is -0.435 e. The molecular weight excluding hydrogens is 289 g/mol. The normalized spacial score (nSPS) is 10.3. The van der Waals surface area contributed by atoms with Crippen LogP contribution in [0.15, 0.2) is 28.9 Å². The summed E-state index contributed by atoms with van der Waals surface area (Å²) in [5.41, 5.74) is 6.12. The molecule has 0 saturated heterocycles. The van der Waals surface area contributed by atoms with Gasteiger partial charge in [0.2, 0.25) is 11.8 Å². The van der Waals surface area contributed by atoms with Crippen LogP contribution in [-0.2, 0) is 0 Å². The van der Waals surface area contributed by atoms with Crippen molar-refractivity contribution >= 4 is 21.9 Å². The number of anilines is 1. The van der Waals surface area contributed by atoms with Gasteiger partial charge in [0, 0.05) is 16.2 Å². The van der Waals surface area contributed by atoms with E-state index in [1.54, 1.807) is 13.0 Å². The molecule has 6 heteroatoms. The van der Waals surface area contributed by atoms with Crippen LogP contribution in [0.25, 0.3) is 0 Å². The van der Waals surface area contributed by atoms with Gasteiger partial charge in [0.1, 0.15) is 0 Å². The molecule has 0 aliphatic rings. The first-order valence-corrected chi connectivity index (χ1v) is 5.57. The number of nitrogens with two attached hydrogens (primary N) is 1. The second-order valence-electron chi connectivity index (χ2n) is 3.39. The van der Waals surface area contributed by atoms with Gasteiger partial charge in [-0.1, -0.05) is 15.9 Å². The molecule has 4 nitrogen and oxygen atoms in total. The molecule has 0 aliphatic heterocycles. The number of rotatable bonds is 2. The van der Waals surface area contributed by atoms with Crippen LogP contribution in [0, 0.1) is 12.7 Å². The number of benzene rings is 1. The Hall–Kier alpha value is -1.69. The van der Waals surface area contributed by atoms with Crippen LogP contribution in [0.4, 0.5) is 10.3 Å². The molecule has 2 rings (SSSR count). The summed E-state index contributed by atoms with van der Waals surface area (Å²) in [6.07, 6.45) is 1.52. The number of nitrogens with zero attached hydrogens (tertiary/aromatic N) is 2. The molecule has 1 heterocycles. The lowest BCUT2D eigenvalue weighted by Gasteiger charge is -2.08. The molecule has 0 aliphatic carbocycles. The summed E-state index contributed by atoms with van der Waals surface area (Å²) in [4.78, 5) is 7.70. The Kier molecular flexibility index (Phi) is 3.23. The zero-order valence-electron chi connectivity index (χ0n) is 8.95. The third-order valence-corrected chi connectivity index (χ3v) is 2.54. The molecule has 2 aromatic rings. The lowest BCUT2D eigenvalue weighted by Crippen LogP contribution is -1.99. The van der Waals surface area contributed by atoms with Crippen molar-refractivity contribution in [1.29, 1.82) is 0 Å². The largest absolute Gasteiger partial charge is 0.435 e. The maximum atomic E-state index is 13.5. The van der Waals surface area contributed by atoms with Crippen LogP contribution in [0.5, 0.6) is 11.6 Å². The van der Waals surface area contributed by atoms with Crippen molar-refractivity contribution < 1.29 is 9.13 Å². The highest BCUT2D eigenvalue weighted by Crippen LogP contribution is 2.27. The predicted molar refractivity (Wildman–Crippen MR) is 65.4 cm³/mol. The van der Waals surface area contributed by atoms with E-state index in [0.29, 0.717) is 10.0 Å². The van der Waals surface area contributed by atoms with Gasteiger partial charge in [0.25, 0.3) is 0 Å². The smallest absolute Gasteiger partial charge is 0.227 e. The van der Waals surface area contributed by atoms with Crippen molar-refractivity contribution in [2.24, 2.45) is 0 Å².